The van der Waals surface area contributed by atoms with Crippen molar-refractivity contribution in [3.8, 4) is 5.75 Å². The minimum absolute atomic E-state index is 0.0254. The Morgan fingerprint density at radius 3 is 2.68 bits per heavy atom. The van der Waals surface area contributed by atoms with Gasteiger partial charge in [0.05, 0.1) is 13.5 Å². The largest absolute Gasteiger partial charge is 0.497 e. The second-order valence-corrected chi connectivity index (χ2v) is 4.38. The molecule has 2 aromatic carbocycles. The summed E-state index contributed by atoms with van der Waals surface area (Å²) in [6, 6.07) is 15.2. The summed E-state index contributed by atoms with van der Waals surface area (Å²) in [5.41, 5.74) is 2.92. The molecule has 0 bridgehead atoms. The third-order valence-corrected chi connectivity index (χ3v) is 2.97. The molecule has 0 heterocycles. The van der Waals surface area contributed by atoms with Gasteiger partial charge in [0, 0.05) is 11.8 Å². The second kappa shape index (κ2) is 6.05. The number of carbonyl (C=O) groups is 1. The first-order valence-electron chi connectivity index (χ1n) is 6.17. The van der Waals surface area contributed by atoms with Crippen LogP contribution in [-0.2, 0) is 11.2 Å². The maximum Gasteiger partial charge on any atom is 0.228 e. The van der Waals surface area contributed by atoms with E-state index in [1.165, 1.54) is 0 Å². The molecule has 0 saturated carbocycles. The van der Waals surface area contributed by atoms with E-state index in [9.17, 15) is 4.79 Å². The van der Waals surface area contributed by atoms with Crippen molar-refractivity contribution in [3.05, 3.63) is 59.7 Å². The van der Waals surface area contributed by atoms with Crippen LogP contribution < -0.4 is 10.1 Å². The molecular weight excluding hydrogens is 238 g/mol. The molecule has 98 valence electrons. The fourth-order valence-corrected chi connectivity index (χ4v) is 1.89. The highest BCUT2D eigenvalue weighted by molar-refractivity contribution is 5.92. The van der Waals surface area contributed by atoms with Crippen LogP contribution in [0.4, 0.5) is 5.69 Å². The van der Waals surface area contributed by atoms with Crippen LogP contribution in [0.1, 0.15) is 11.1 Å². The fraction of sp³-hybridized carbons (Fsp3) is 0.188. The molecule has 0 aromatic heterocycles. The summed E-state index contributed by atoms with van der Waals surface area (Å²) in [6.45, 7) is 2.01. The van der Waals surface area contributed by atoms with Crippen LogP contribution in [-0.4, -0.2) is 13.0 Å². The predicted octanol–water partition coefficient (Wildman–Crippen LogP) is 3.18. The Morgan fingerprint density at radius 2 is 1.95 bits per heavy atom. The normalized spacial score (nSPS) is 10.0. The standard InChI is InChI=1S/C16H17NO2/c1-12-6-3-4-7-13(12)10-16(18)17-14-8-5-9-15(11-14)19-2/h3-9,11H,10H2,1-2H3,(H,17,18). The van der Waals surface area contributed by atoms with Crippen LogP contribution in [0.2, 0.25) is 0 Å². The average Bonchev–Trinajstić information content (AvgIpc) is 2.41. The quantitative estimate of drug-likeness (QED) is 0.911. The number of methoxy groups -OCH3 is 1. The number of aryl methyl sites for hydroxylation is 1. The summed E-state index contributed by atoms with van der Waals surface area (Å²) in [6.07, 6.45) is 0.379. The summed E-state index contributed by atoms with van der Waals surface area (Å²) in [4.78, 5) is 12.0. The van der Waals surface area contributed by atoms with E-state index in [0.717, 1.165) is 22.6 Å². The molecule has 2 rings (SSSR count). The van der Waals surface area contributed by atoms with E-state index in [2.05, 4.69) is 5.32 Å². The van der Waals surface area contributed by atoms with Crippen molar-refractivity contribution in [1.82, 2.24) is 0 Å². The van der Waals surface area contributed by atoms with Gasteiger partial charge < -0.3 is 10.1 Å². The van der Waals surface area contributed by atoms with Crippen LogP contribution >= 0.6 is 0 Å². The lowest BCUT2D eigenvalue weighted by Crippen LogP contribution is -2.14. The van der Waals surface area contributed by atoms with Gasteiger partial charge in [-0.25, -0.2) is 0 Å². The number of ether oxygens (including phenoxy) is 1. The van der Waals surface area contributed by atoms with E-state index in [1.807, 2.05) is 49.4 Å². The van der Waals surface area contributed by atoms with Crippen molar-refractivity contribution >= 4 is 11.6 Å². The zero-order chi connectivity index (χ0) is 13.7. The van der Waals surface area contributed by atoms with Crippen LogP contribution in [0.3, 0.4) is 0 Å². The Morgan fingerprint density at radius 1 is 1.16 bits per heavy atom. The average molecular weight is 255 g/mol. The molecule has 0 unspecified atom stereocenters. The van der Waals surface area contributed by atoms with Crippen LogP contribution in [0, 0.1) is 6.92 Å². The number of hydrogen-bond acceptors (Lipinski definition) is 2. The van der Waals surface area contributed by atoms with Gasteiger partial charge in [0.15, 0.2) is 0 Å². The maximum atomic E-state index is 12.0. The highest BCUT2D eigenvalue weighted by Crippen LogP contribution is 2.17. The first-order valence-corrected chi connectivity index (χ1v) is 6.17. The van der Waals surface area contributed by atoms with Crippen LogP contribution in [0.5, 0.6) is 5.75 Å². The van der Waals surface area contributed by atoms with Gasteiger partial charge in [0.1, 0.15) is 5.75 Å². The fourth-order valence-electron chi connectivity index (χ4n) is 1.89. The molecule has 3 heteroatoms. The minimum atomic E-state index is -0.0254. The summed E-state index contributed by atoms with van der Waals surface area (Å²) in [7, 11) is 1.61. The third kappa shape index (κ3) is 3.58. The first kappa shape index (κ1) is 13.1. The number of carbonyl (C=O) groups excluding carboxylic acids is 1. The molecule has 1 N–H and O–H groups in total. The molecule has 0 aliphatic carbocycles. The van der Waals surface area contributed by atoms with Gasteiger partial charge in [0.25, 0.3) is 0 Å². The zero-order valence-electron chi connectivity index (χ0n) is 11.1. The van der Waals surface area contributed by atoms with Gasteiger partial charge in [-0.15, -0.1) is 0 Å². The van der Waals surface area contributed by atoms with Crippen LogP contribution in [0.25, 0.3) is 0 Å². The second-order valence-electron chi connectivity index (χ2n) is 4.38. The smallest absolute Gasteiger partial charge is 0.228 e. The summed E-state index contributed by atoms with van der Waals surface area (Å²) in [5, 5.41) is 2.87. The minimum Gasteiger partial charge on any atom is -0.497 e. The Labute approximate surface area is 113 Å². The molecule has 3 nitrogen and oxygen atoms in total. The van der Waals surface area contributed by atoms with Gasteiger partial charge >= 0.3 is 0 Å². The van der Waals surface area contributed by atoms with E-state index in [1.54, 1.807) is 13.2 Å². The van der Waals surface area contributed by atoms with E-state index < -0.39 is 0 Å². The Kier molecular flexibility index (Phi) is 4.18. The SMILES string of the molecule is COc1cccc(NC(=O)Cc2ccccc2C)c1. The van der Waals surface area contributed by atoms with Gasteiger partial charge in [-0.1, -0.05) is 30.3 Å². The maximum absolute atomic E-state index is 12.0. The Bertz CT molecular complexity index is 578. The van der Waals surface area contributed by atoms with Gasteiger partial charge in [-0.05, 0) is 30.2 Å². The van der Waals surface area contributed by atoms with Crippen molar-refractivity contribution in [2.75, 3.05) is 12.4 Å². The number of benzene rings is 2. The monoisotopic (exact) mass is 255 g/mol. The molecule has 0 spiro atoms. The molecule has 0 aliphatic rings. The molecular formula is C16H17NO2. The molecule has 0 aliphatic heterocycles. The molecule has 19 heavy (non-hydrogen) atoms. The van der Waals surface area contributed by atoms with Gasteiger partial charge in [-0.3, -0.25) is 4.79 Å². The number of amides is 1. The van der Waals surface area contributed by atoms with Crippen molar-refractivity contribution in [3.63, 3.8) is 0 Å². The lowest BCUT2D eigenvalue weighted by molar-refractivity contribution is -0.115. The Balaban J connectivity index is 2.03. The van der Waals surface area contributed by atoms with Gasteiger partial charge in [-0.2, -0.15) is 0 Å². The molecule has 0 radical (unpaired) electrons. The third-order valence-electron chi connectivity index (χ3n) is 2.97. The van der Waals surface area contributed by atoms with E-state index in [-0.39, 0.29) is 5.91 Å². The van der Waals surface area contributed by atoms with Crippen molar-refractivity contribution in [2.24, 2.45) is 0 Å². The number of hydrogen-bond donors (Lipinski definition) is 1. The lowest BCUT2D eigenvalue weighted by atomic mass is 10.1. The molecule has 0 saturated heterocycles. The van der Waals surface area contributed by atoms with Crippen molar-refractivity contribution in [2.45, 2.75) is 13.3 Å². The van der Waals surface area contributed by atoms with E-state index >= 15 is 0 Å². The highest BCUT2D eigenvalue weighted by Gasteiger charge is 2.06. The van der Waals surface area contributed by atoms with Gasteiger partial charge in [0.2, 0.25) is 5.91 Å². The lowest BCUT2D eigenvalue weighted by Gasteiger charge is -2.08. The summed E-state index contributed by atoms with van der Waals surface area (Å²) >= 11 is 0. The number of rotatable bonds is 4. The number of nitrogens with one attached hydrogen (secondary N) is 1. The number of anilines is 1. The first-order chi connectivity index (χ1) is 9.19. The van der Waals surface area contributed by atoms with Crippen molar-refractivity contribution < 1.29 is 9.53 Å². The zero-order valence-corrected chi connectivity index (χ0v) is 11.1. The Hall–Kier alpha value is -2.29. The highest BCUT2D eigenvalue weighted by atomic mass is 16.5. The summed E-state index contributed by atoms with van der Waals surface area (Å²) < 4.78 is 5.12. The van der Waals surface area contributed by atoms with Crippen molar-refractivity contribution in [1.29, 1.82) is 0 Å². The van der Waals surface area contributed by atoms with E-state index in [0.29, 0.717) is 6.42 Å². The molecule has 0 atom stereocenters. The molecule has 1 amide bonds. The topological polar surface area (TPSA) is 38.3 Å². The molecule has 2 aromatic rings. The summed E-state index contributed by atoms with van der Waals surface area (Å²) in [5.74, 6) is 0.705. The van der Waals surface area contributed by atoms with Crippen LogP contribution in [0.15, 0.2) is 48.5 Å². The molecule has 0 fully saturated rings. The predicted molar refractivity (Wildman–Crippen MR) is 76.5 cm³/mol. The van der Waals surface area contributed by atoms with E-state index in [4.69, 9.17) is 4.74 Å².